The summed E-state index contributed by atoms with van der Waals surface area (Å²) >= 11 is 0. The van der Waals surface area contributed by atoms with Gasteiger partial charge < -0.3 is 15.8 Å². The Kier molecular flexibility index (Phi) is 6.88. The SMILES string of the molecule is CCOC(=O)c1ccc(NC(=O)C(CN)CC(C)C)cc1. The van der Waals surface area contributed by atoms with E-state index >= 15 is 0 Å². The number of ether oxygens (including phenoxy) is 1. The van der Waals surface area contributed by atoms with Gasteiger partial charge in [0, 0.05) is 12.2 Å². The number of hydrogen-bond donors (Lipinski definition) is 2. The van der Waals surface area contributed by atoms with Crippen molar-refractivity contribution < 1.29 is 14.3 Å². The zero-order chi connectivity index (χ0) is 15.8. The van der Waals surface area contributed by atoms with E-state index in [-0.39, 0.29) is 17.8 Å². The highest BCUT2D eigenvalue weighted by molar-refractivity contribution is 5.94. The van der Waals surface area contributed by atoms with Gasteiger partial charge in [0.05, 0.1) is 18.1 Å². The molecule has 0 aromatic heterocycles. The minimum absolute atomic E-state index is 0.0879. The summed E-state index contributed by atoms with van der Waals surface area (Å²) in [5.41, 5.74) is 6.76. The van der Waals surface area contributed by atoms with E-state index in [2.05, 4.69) is 19.2 Å². The van der Waals surface area contributed by atoms with E-state index in [1.807, 2.05) is 0 Å². The van der Waals surface area contributed by atoms with Gasteiger partial charge in [-0.1, -0.05) is 13.8 Å². The third-order valence-electron chi connectivity index (χ3n) is 3.07. The Bertz CT molecular complexity index is 469. The van der Waals surface area contributed by atoms with E-state index in [9.17, 15) is 9.59 Å². The smallest absolute Gasteiger partial charge is 0.338 e. The van der Waals surface area contributed by atoms with Crippen LogP contribution >= 0.6 is 0 Å². The number of anilines is 1. The molecule has 116 valence electrons. The van der Waals surface area contributed by atoms with Crippen LogP contribution < -0.4 is 11.1 Å². The van der Waals surface area contributed by atoms with Crippen LogP contribution in [0, 0.1) is 11.8 Å². The van der Waals surface area contributed by atoms with Crippen molar-refractivity contribution >= 4 is 17.6 Å². The van der Waals surface area contributed by atoms with Gasteiger partial charge in [-0.2, -0.15) is 0 Å². The molecule has 0 aliphatic carbocycles. The van der Waals surface area contributed by atoms with Gasteiger partial charge in [0.1, 0.15) is 0 Å². The van der Waals surface area contributed by atoms with Crippen molar-refractivity contribution in [3.63, 3.8) is 0 Å². The predicted molar refractivity (Wildman–Crippen MR) is 83.0 cm³/mol. The number of amides is 1. The van der Waals surface area contributed by atoms with Crippen LogP contribution in [0.25, 0.3) is 0 Å². The molecule has 5 nitrogen and oxygen atoms in total. The number of carbonyl (C=O) groups is 2. The molecule has 0 aliphatic rings. The first kappa shape index (κ1) is 17.2. The van der Waals surface area contributed by atoms with Crippen LogP contribution in [-0.2, 0) is 9.53 Å². The molecule has 1 aromatic carbocycles. The Labute approximate surface area is 125 Å². The predicted octanol–water partition coefficient (Wildman–Crippen LogP) is 2.42. The van der Waals surface area contributed by atoms with Gasteiger partial charge in [-0.3, -0.25) is 4.79 Å². The highest BCUT2D eigenvalue weighted by atomic mass is 16.5. The molecule has 0 bridgehead atoms. The summed E-state index contributed by atoms with van der Waals surface area (Å²) < 4.78 is 4.91. The second kappa shape index (κ2) is 8.42. The number of esters is 1. The Morgan fingerprint density at radius 3 is 2.33 bits per heavy atom. The summed E-state index contributed by atoms with van der Waals surface area (Å²) in [6, 6.07) is 6.64. The summed E-state index contributed by atoms with van der Waals surface area (Å²) in [6.07, 6.45) is 0.753. The van der Waals surface area contributed by atoms with Crippen LogP contribution in [0.3, 0.4) is 0 Å². The molecule has 1 aromatic rings. The van der Waals surface area contributed by atoms with E-state index in [0.717, 1.165) is 6.42 Å². The molecule has 1 rings (SSSR count). The number of benzene rings is 1. The molecule has 1 unspecified atom stereocenters. The Hall–Kier alpha value is -1.88. The largest absolute Gasteiger partial charge is 0.462 e. The van der Waals surface area contributed by atoms with Gasteiger partial charge in [0.2, 0.25) is 5.91 Å². The van der Waals surface area contributed by atoms with E-state index in [0.29, 0.717) is 30.3 Å². The normalized spacial score (nSPS) is 12.0. The lowest BCUT2D eigenvalue weighted by molar-refractivity contribution is -0.120. The van der Waals surface area contributed by atoms with Crippen molar-refractivity contribution in [2.45, 2.75) is 27.2 Å². The average Bonchev–Trinajstić information content (AvgIpc) is 2.45. The molecular weight excluding hydrogens is 268 g/mol. The highest BCUT2D eigenvalue weighted by Crippen LogP contribution is 2.15. The van der Waals surface area contributed by atoms with Crippen LogP contribution in [-0.4, -0.2) is 25.0 Å². The molecule has 0 heterocycles. The fraction of sp³-hybridized carbons (Fsp3) is 0.500. The van der Waals surface area contributed by atoms with Crippen LogP contribution in [0.15, 0.2) is 24.3 Å². The van der Waals surface area contributed by atoms with E-state index in [1.165, 1.54) is 0 Å². The summed E-state index contributed by atoms with van der Waals surface area (Å²) in [5, 5.41) is 2.83. The molecule has 0 radical (unpaired) electrons. The zero-order valence-electron chi connectivity index (χ0n) is 12.9. The molecule has 0 saturated carbocycles. The first-order valence-corrected chi connectivity index (χ1v) is 7.26. The maximum absolute atomic E-state index is 12.1. The minimum Gasteiger partial charge on any atom is -0.462 e. The molecule has 21 heavy (non-hydrogen) atoms. The topological polar surface area (TPSA) is 81.4 Å². The van der Waals surface area contributed by atoms with Crippen molar-refractivity contribution in [1.29, 1.82) is 0 Å². The first-order chi connectivity index (χ1) is 9.97. The molecule has 1 atom stereocenters. The van der Waals surface area contributed by atoms with Crippen LogP contribution in [0.5, 0.6) is 0 Å². The van der Waals surface area contributed by atoms with Gasteiger partial charge >= 0.3 is 5.97 Å². The van der Waals surface area contributed by atoms with Crippen LogP contribution in [0.2, 0.25) is 0 Å². The molecule has 5 heteroatoms. The number of rotatable bonds is 7. The van der Waals surface area contributed by atoms with Crippen molar-refractivity contribution in [3.05, 3.63) is 29.8 Å². The number of nitrogens with one attached hydrogen (secondary N) is 1. The molecule has 0 fully saturated rings. The van der Waals surface area contributed by atoms with Crippen LogP contribution in [0.4, 0.5) is 5.69 Å². The molecular formula is C16H24N2O3. The quantitative estimate of drug-likeness (QED) is 0.756. The third kappa shape index (κ3) is 5.55. The zero-order valence-corrected chi connectivity index (χ0v) is 12.9. The molecule has 0 aliphatic heterocycles. The van der Waals surface area contributed by atoms with Gasteiger partial charge in [0.25, 0.3) is 0 Å². The van der Waals surface area contributed by atoms with Gasteiger partial charge in [-0.15, -0.1) is 0 Å². The van der Waals surface area contributed by atoms with Crippen molar-refractivity contribution in [3.8, 4) is 0 Å². The lowest BCUT2D eigenvalue weighted by atomic mass is 9.96. The standard InChI is InChI=1S/C16H24N2O3/c1-4-21-16(20)12-5-7-14(8-6-12)18-15(19)13(10-17)9-11(2)3/h5-8,11,13H,4,9-10,17H2,1-3H3,(H,18,19). The van der Waals surface area contributed by atoms with Crippen molar-refractivity contribution in [2.75, 3.05) is 18.5 Å². The number of carbonyl (C=O) groups excluding carboxylic acids is 2. The Morgan fingerprint density at radius 1 is 1.24 bits per heavy atom. The lowest BCUT2D eigenvalue weighted by Crippen LogP contribution is -2.30. The Morgan fingerprint density at radius 2 is 1.86 bits per heavy atom. The maximum atomic E-state index is 12.1. The fourth-order valence-electron chi connectivity index (χ4n) is 2.03. The van der Waals surface area contributed by atoms with Crippen molar-refractivity contribution in [1.82, 2.24) is 0 Å². The van der Waals surface area contributed by atoms with Gasteiger partial charge in [-0.05, 0) is 43.5 Å². The first-order valence-electron chi connectivity index (χ1n) is 7.26. The van der Waals surface area contributed by atoms with Crippen LogP contribution in [0.1, 0.15) is 37.6 Å². The molecule has 0 saturated heterocycles. The number of hydrogen-bond acceptors (Lipinski definition) is 4. The van der Waals surface area contributed by atoms with Gasteiger partial charge in [0.15, 0.2) is 0 Å². The second-order valence-electron chi connectivity index (χ2n) is 5.35. The minimum atomic E-state index is -0.366. The third-order valence-corrected chi connectivity index (χ3v) is 3.07. The molecule has 0 spiro atoms. The van der Waals surface area contributed by atoms with E-state index in [4.69, 9.17) is 10.5 Å². The van der Waals surface area contributed by atoms with E-state index in [1.54, 1.807) is 31.2 Å². The summed E-state index contributed by atoms with van der Waals surface area (Å²) in [7, 11) is 0. The number of nitrogens with two attached hydrogens (primary N) is 1. The van der Waals surface area contributed by atoms with Gasteiger partial charge in [-0.25, -0.2) is 4.79 Å². The average molecular weight is 292 g/mol. The Balaban J connectivity index is 2.66. The summed E-state index contributed by atoms with van der Waals surface area (Å²) in [5.74, 6) is -0.240. The van der Waals surface area contributed by atoms with Crippen molar-refractivity contribution in [2.24, 2.45) is 17.6 Å². The monoisotopic (exact) mass is 292 g/mol. The second-order valence-corrected chi connectivity index (χ2v) is 5.35. The summed E-state index contributed by atoms with van der Waals surface area (Å²) in [4.78, 5) is 23.6. The molecule has 1 amide bonds. The fourth-order valence-corrected chi connectivity index (χ4v) is 2.03. The molecule has 3 N–H and O–H groups in total. The van der Waals surface area contributed by atoms with E-state index < -0.39 is 0 Å². The highest BCUT2D eigenvalue weighted by Gasteiger charge is 2.18. The maximum Gasteiger partial charge on any atom is 0.338 e. The summed E-state index contributed by atoms with van der Waals surface area (Å²) in [6.45, 7) is 6.54. The lowest BCUT2D eigenvalue weighted by Gasteiger charge is -2.16.